The molecule has 0 spiro atoms. The van der Waals surface area contributed by atoms with Gasteiger partial charge in [0.25, 0.3) is 0 Å². The van der Waals surface area contributed by atoms with Gasteiger partial charge in [0.05, 0.1) is 0 Å². The van der Waals surface area contributed by atoms with Crippen LogP contribution in [0.4, 0.5) is 4.39 Å². The van der Waals surface area contributed by atoms with Crippen molar-refractivity contribution in [1.29, 1.82) is 0 Å². The summed E-state index contributed by atoms with van der Waals surface area (Å²) in [5.74, 6) is -0.172. The van der Waals surface area contributed by atoms with Crippen LogP contribution in [0.3, 0.4) is 0 Å². The van der Waals surface area contributed by atoms with Crippen molar-refractivity contribution in [2.75, 3.05) is 19.6 Å². The molecule has 0 aromatic heterocycles. The standard InChI is InChI=1S/C14H21FN2.ClH/c1-11(12-3-5-13(15)6-4-12)17-8-7-14(2,9-16)10-17;/h3-6,11H,7-10,16H2,1-2H3;1H. The van der Waals surface area contributed by atoms with Crippen molar-refractivity contribution in [2.24, 2.45) is 11.1 Å². The Morgan fingerprint density at radius 3 is 2.50 bits per heavy atom. The molecule has 2 unspecified atom stereocenters. The molecule has 2 atom stereocenters. The summed E-state index contributed by atoms with van der Waals surface area (Å²) >= 11 is 0. The van der Waals surface area contributed by atoms with E-state index in [2.05, 4.69) is 18.7 Å². The SMILES string of the molecule is CC(c1ccc(F)cc1)N1CCC(C)(CN)C1.Cl. The van der Waals surface area contributed by atoms with E-state index in [1.807, 2.05) is 12.1 Å². The number of halogens is 2. The lowest BCUT2D eigenvalue weighted by Gasteiger charge is -2.27. The predicted octanol–water partition coefficient (Wildman–Crippen LogP) is 2.98. The summed E-state index contributed by atoms with van der Waals surface area (Å²) in [6, 6.07) is 7.15. The van der Waals surface area contributed by atoms with Crippen LogP contribution in [0.2, 0.25) is 0 Å². The van der Waals surface area contributed by atoms with Gasteiger partial charge in [-0.25, -0.2) is 4.39 Å². The molecule has 2 rings (SSSR count). The highest BCUT2D eigenvalue weighted by atomic mass is 35.5. The average molecular weight is 273 g/mol. The Bertz CT molecular complexity index is 382. The number of rotatable bonds is 3. The molecule has 1 fully saturated rings. The molecule has 1 aromatic carbocycles. The van der Waals surface area contributed by atoms with Crippen LogP contribution in [0, 0.1) is 11.2 Å². The molecule has 1 heterocycles. The van der Waals surface area contributed by atoms with E-state index in [0.29, 0.717) is 6.04 Å². The molecule has 18 heavy (non-hydrogen) atoms. The summed E-state index contributed by atoms with van der Waals surface area (Å²) in [7, 11) is 0. The van der Waals surface area contributed by atoms with E-state index < -0.39 is 0 Å². The first-order valence-corrected chi connectivity index (χ1v) is 6.24. The molecule has 0 saturated carbocycles. The highest BCUT2D eigenvalue weighted by molar-refractivity contribution is 5.85. The minimum absolute atomic E-state index is 0. The average Bonchev–Trinajstić information content (AvgIpc) is 2.73. The first-order valence-electron chi connectivity index (χ1n) is 6.24. The third-order valence-electron chi connectivity index (χ3n) is 3.98. The van der Waals surface area contributed by atoms with Crippen molar-refractivity contribution in [3.63, 3.8) is 0 Å². The molecule has 0 aliphatic carbocycles. The first kappa shape index (κ1) is 15.4. The van der Waals surface area contributed by atoms with Crippen molar-refractivity contribution in [3.05, 3.63) is 35.6 Å². The van der Waals surface area contributed by atoms with Gasteiger partial charge in [-0.1, -0.05) is 19.1 Å². The van der Waals surface area contributed by atoms with Gasteiger partial charge in [0.2, 0.25) is 0 Å². The molecule has 102 valence electrons. The van der Waals surface area contributed by atoms with Crippen LogP contribution in [0.1, 0.15) is 31.9 Å². The van der Waals surface area contributed by atoms with Gasteiger partial charge in [-0.15, -0.1) is 12.4 Å². The third-order valence-corrected chi connectivity index (χ3v) is 3.98. The largest absolute Gasteiger partial charge is 0.330 e. The molecule has 1 aliphatic heterocycles. The van der Waals surface area contributed by atoms with E-state index in [1.165, 1.54) is 17.7 Å². The van der Waals surface area contributed by atoms with Crippen molar-refractivity contribution >= 4 is 12.4 Å². The van der Waals surface area contributed by atoms with Gasteiger partial charge in [-0.05, 0) is 49.5 Å². The zero-order valence-corrected chi connectivity index (χ0v) is 11.8. The Balaban J connectivity index is 0.00000162. The monoisotopic (exact) mass is 272 g/mol. The third kappa shape index (κ3) is 3.22. The summed E-state index contributed by atoms with van der Waals surface area (Å²) < 4.78 is 12.9. The van der Waals surface area contributed by atoms with Crippen molar-refractivity contribution in [2.45, 2.75) is 26.3 Å². The number of hydrogen-bond acceptors (Lipinski definition) is 2. The van der Waals surface area contributed by atoms with Gasteiger partial charge in [0.1, 0.15) is 5.82 Å². The van der Waals surface area contributed by atoms with Crippen LogP contribution in [-0.4, -0.2) is 24.5 Å². The molecule has 0 amide bonds. The molecule has 1 aromatic rings. The normalized spacial score (nSPS) is 25.8. The van der Waals surface area contributed by atoms with Crippen LogP contribution < -0.4 is 5.73 Å². The molecule has 0 bridgehead atoms. The molecular weight excluding hydrogens is 251 g/mol. The van der Waals surface area contributed by atoms with Crippen LogP contribution in [0.5, 0.6) is 0 Å². The number of benzene rings is 1. The maximum absolute atomic E-state index is 12.9. The quantitative estimate of drug-likeness (QED) is 0.917. The minimum Gasteiger partial charge on any atom is -0.330 e. The second kappa shape index (κ2) is 6.00. The smallest absolute Gasteiger partial charge is 0.123 e. The van der Waals surface area contributed by atoms with Crippen molar-refractivity contribution in [3.8, 4) is 0 Å². The first-order chi connectivity index (χ1) is 8.04. The van der Waals surface area contributed by atoms with Gasteiger partial charge in [0.15, 0.2) is 0 Å². The highest BCUT2D eigenvalue weighted by Crippen LogP contribution is 2.34. The Morgan fingerprint density at radius 2 is 2.00 bits per heavy atom. The van der Waals surface area contributed by atoms with E-state index in [9.17, 15) is 4.39 Å². The van der Waals surface area contributed by atoms with Crippen LogP contribution in [-0.2, 0) is 0 Å². The van der Waals surface area contributed by atoms with Crippen molar-refractivity contribution in [1.82, 2.24) is 4.90 Å². The van der Waals surface area contributed by atoms with E-state index >= 15 is 0 Å². The zero-order chi connectivity index (χ0) is 12.5. The number of nitrogens with two attached hydrogens (primary N) is 1. The van der Waals surface area contributed by atoms with Crippen molar-refractivity contribution < 1.29 is 4.39 Å². The summed E-state index contributed by atoms with van der Waals surface area (Å²) in [6.45, 7) is 7.26. The van der Waals surface area contributed by atoms with Gasteiger partial charge in [-0.3, -0.25) is 4.90 Å². The van der Waals surface area contributed by atoms with E-state index in [-0.39, 0.29) is 23.6 Å². The maximum Gasteiger partial charge on any atom is 0.123 e. The second-order valence-corrected chi connectivity index (χ2v) is 5.46. The van der Waals surface area contributed by atoms with Crippen LogP contribution in [0.25, 0.3) is 0 Å². The lowest BCUT2D eigenvalue weighted by Crippen LogP contribution is -2.32. The summed E-state index contributed by atoms with van der Waals surface area (Å²) in [4.78, 5) is 2.43. The van der Waals surface area contributed by atoms with Gasteiger partial charge in [-0.2, -0.15) is 0 Å². The molecule has 2 nitrogen and oxygen atoms in total. The summed E-state index contributed by atoms with van der Waals surface area (Å²) in [5, 5.41) is 0. The van der Waals surface area contributed by atoms with Gasteiger partial charge in [0, 0.05) is 12.6 Å². The lowest BCUT2D eigenvalue weighted by atomic mass is 9.90. The fourth-order valence-corrected chi connectivity index (χ4v) is 2.51. The molecule has 0 radical (unpaired) electrons. The molecule has 2 N–H and O–H groups in total. The van der Waals surface area contributed by atoms with E-state index in [4.69, 9.17) is 5.73 Å². The number of likely N-dealkylation sites (tertiary alicyclic amines) is 1. The minimum atomic E-state index is -0.172. The fourth-order valence-electron chi connectivity index (χ4n) is 2.51. The predicted molar refractivity (Wildman–Crippen MR) is 75.4 cm³/mol. The van der Waals surface area contributed by atoms with E-state index in [1.54, 1.807) is 0 Å². The summed E-state index contributed by atoms with van der Waals surface area (Å²) in [5.41, 5.74) is 7.23. The lowest BCUT2D eigenvalue weighted by molar-refractivity contribution is 0.227. The molecule has 4 heteroatoms. The topological polar surface area (TPSA) is 29.3 Å². The Kier molecular flexibility index (Phi) is 5.14. The number of hydrogen-bond donors (Lipinski definition) is 1. The molecule has 1 aliphatic rings. The Morgan fingerprint density at radius 1 is 1.39 bits per heavy atom. The number of nitrogens with zero attached hydrogens (tertiary/aromatic N) is 1. The van der Waals surface area contributed by atoms with Gasteiger partial charge >= 0.3 is 0 Å². The van der Waals surface area contributed by atoms with Crippen LogP contribution in [0.15, 0.2) is 24.3 Å². The summed E-state index contributed by atoms with van der Waals surface area (Å²) in [6.07, 6.45) is 1.15. The molecular formula is C14H22ClFN2. The maximum atomic E-state index is 12.9. The second-order valence-electron chi connectivity index (χ2n) is 5.46. The fraction of sp³-hybridized carbons (Fsp3) is 0.571. The highest BCUT2D eigenvalue weighted by Gasteiger charge is 2.34. The zero-order valence-electron chi connectivity index (χ0n) is 11.0. The Labute approximate surface area is 115 Å². The molecule has 1 saturated heterocycles. The van der Waals surface area contributed by atoms with Crippen LogP contribution >= 0.6 is 12.4 Å². The van der Waals surface area contributed by atoms with E-state index in [0.717, 1.165) is 26.1 Å². The van der Waals surface area contributed by atoms with Gasteiger partial charge < -0.3 is 5.73 Å². The Hall–Kier alpha value is -0.640.